The molecule has 0 radical (unpaired) electrons. The predicted octanol–water partition coefficient (Wildman–Crippen LogP) is -5.19. The van der Waals surface area contributed by atoms with Gasteiger partial charge in [0, 0.05) is 13.1 Å². The van der Waals surface area contributed by atoms with Crippen LogP contribution >= 0.6 is 0 Å². The molecule has 158 valence electrons. The van der Waals surface area contributed by atoms with E-state index in [0.717, 1.165) is 9.80 Å². The third kappa shape index (κ3) is 22.4. The summed E-state index contributed by atoms with van der Waals surface area (Å²) in [5, 5.41) is 38.8. The Labute approximate surface area is 237 Å². The Morgan fingerprint density at radius 2 is 1.00 bits per heavy atom. The van der Waals surface area contributed by atoms with Crippen LogP contribution in [0.1, 0.15) is 0 Å². The zero-order valence-electron chi connectivity index (χ0n) is 14.1. The van der Waals surface area contributed by atoms with E-state index in [2.05, 4.69) is 5.32 Å². The number of rotatable bonds is 11. The first-order chi connectivity index (χ1) is 12.5. The first kappa shape index (κ1) is 37.1. The van der Waals surface area contributed by atoms with Gasteiger partial charge in [-0.1, -0.05) is 0 Å². The molecule has 30 heavy (non-hydrogen) atoms. The molecule has 0 saturated carbocycles. The monoisotopic (exact) mass is 464 g/mol. The SMILES string of the molecule is O=C(O)CN(CCN(CC(=O)O)CC(=O)O)CC(=O)O.O=C1CNC(=O)N1.[NaH].[NaH].[NaH]. The molecule has 0 bridgehead atoms. The van der Waals surface area contributed by atoms with Gasteiger partial charge in [0.1, 0.15) is 0 Å². The maximum atomic E-state index is 10.6. The van der Waals surface area contributed by atoms with E-state index in [4.69, 9.17) is 20.4 Å². The fourth-order valence-corrected chi connectivity index (χ4v) is 1.85. The molecule has 0 unspecified atom stereocenters. The first-order valence-corrected chi connectivity index (χ1v) is 7.39. The summed E-state index contributed by atoms with van der Waals surface area (Å²) >= 11 is 0. The van der Waals surface area contributed by atoms with Gasteiger partial charge in [0.25, 0.3) is 0 Å². The normalized spacial score (nSPS) is 11.5. The number of carbonyl (C=O) groups excluding carboxylic acids is 2. The number of carboxylic acid groups (broad SMARTS) is 4. The zero-order chi connectivity index (χ0) is 21.0. The van der Waals surface area contributed by atoms with Crippen molar-refractivity contribution in [2.45, 2.75) is 0 Å². The van der Waals surface area contributed by atoms with E-state index in [1.54, 1.807) is 0 Å². The summed E-state index contributed by atoms with van der Waals surface area (Å²) < 4.78 is 0. The van der Waals surface area contributed by atoms with E-state index in [9.17, 15) is 28.8 Å². The van der Waals surface area contributed by atoms with Crippen molar-refractivity contribution in [1.82, 2.24) is 20.4 Å². The molecule has 0 aromatic carbocycles. The molecule has 1 heterocycles. The van der Waals surface area contributed by atoms with E-state index in [0.29, 0.717) is 0 Å². The van der Waals surface area contributed by atoms with Crippen LogP contribution in [0.3, 0.4) is 0 Å². The molecule has 0 atom stereocenters. The molecule has 6 N–H and O–H groups in total. The van der Waals surface area contributed by atoms with Crippen molar-refractivity contribution in [2.75, 3.05) is 45.8 Å². The molecule has 14 nitrogen and oxygen atoms in total. The molecule has 3 amide bonds. The second-order valence-corrected chi connectivity index (χ2v) is 5.23. The van der Waals surface area contributed by atoms with Crippen LogP contribution in [0.15, 0.2) is 0 Å². The van der Waals surface area contributed by atoms with Crippen LogP contribution in [0.25, 0.3) is 0 Å². The topological polar surface area (TPSA) is 214 Å². The Bertz CT molecular complexity index is 526. The molecule has 0 aliphatic carbocycles. The summed E-state index contributed by atoms with van der Waals surface area (Å²) in [7, 11) is 0. The first-order valence-electron chi connectivity index (χ1n) is 7.39. The Hall–Kier alpha value is -0.260. The summed E-state index contributed by atoms with van der Waals surface area (Å²) in [5.74, 6) is -5.17. The molecular formula is C13H23N4Na3O10. The van der Waals surface area contributed by atoms with Gasteiger partial charge in [0.05, 0.1) is 32.7 Å². The van der Waals surface area contributed by atoms with Crippen LogP contribution in [-0.4, -0.2) is 201 Å². The molecule has 1 fully saturated rings. The molecule has 0 spiro atoms. The Morgan fingerprint density at radius 3 is 1.13 bits per heavy atom. The molecule has 1 rings (SSSR count). The average molecular weight is 464 g/mol. The number of amides is 3. The third-order valence-electron chi connectivity index (χ3n) is 2.83. The van der Waals surface area contributed by atoms with Crippen molar-refractivity contribution in [2.24, 2.45) is 0 Å². The molecule has 17 heteroatoms. The van der Waals surface area contributed by atoms with Gasteiger partial charge in [-0.15, -0.1) is 0 Å². The maximum absolute atomic E-state index is 10.6. The van der Waals surface area contributed by atoms with Crippen LogP contribution in [0, 0.1) is 0 Å². The van der Waals surface area contributed by atoms with Gasteiger partial charge in [0.15, 0.2) is 0 Å². The molecule has 0 aromatic rings. The van der Waals surface area contributed by atoms with Crippen molar-refractivity contribution in [1.29, 1.82) is 0 Å². The number of hydrogen-bond acceptors (Lipinski definition) is 8. The quantitative estimate of drug-likeness (QED) is 0.125. The van der Waals surface area contributed by atoms with Crippen molar-refractivity contribution in [3.8, 4) is 0 Å². The van der Waals surface area contributed by atoms with Gasteiger partial charge in [0.2, 0.25) is 5.91 Å². The minimum atomic E-state index is -1.23. The summed E-state index contributed by atoms with van der Waals surface area (Å²) in [4.78, 5) is 64.4. The van der Waals surface area contributed by atoms with Crippen LogP contribution in [-0.2, 0) is 24.0 Å². The van der Waals surface area contributed by atoms with Gasteiger partial charge in [-0.25, -0.2) is 4.79 Å². The van der Waals surface area contributed by atoms with Gasteiger partial charge in [-0.05, 0) is 0 Å². The van der Waals surface area contributed by atoms with Gasteiger partial charge >= 0.3 is 119 Å². The average Bonchev–Trinajstić information content (AvgIpc) is 2.86. The van der Waals surface area contributed by atoms with Gasteiger partial charge in [-0.3, -0.25) is 39.1 Å². The fraction of sp³-hybridized carbons (Fsp3) is 0.538. The van der Waals surface area contributed by atoms with Gasteiger partial charge < -0.3 is 25.7 Å². The molecule has 0 aromatic heterocycles. The Morgan fingerprint density at radius 1 is 0.700 bits per heavy atom. The summed E-state index contributed by atoms with van der Waals surface area (Å²) in [6, 6.07) is -0.398. The minimum absolute atomic E-state index is 0. The van der Waals surface area contributed by atoms with Crippen molar-refractivity contribution in [3.05, 3.63) is 0 Å². The van der Waals surface area contributed by atoms with E-state index in [1.165, 1.54) is 0 Å². The van der Waals surface area contributed by atoms with Crippen molar-refractivity contribution < 1.29 is 49.2 Å². The fourth-order valence-electron chi connectivity index (χ4n) is 1.85. The molecule has 1 aliphatic heterocycles. The number of urea groups is 1. The Balaban J connectivity index is -0.000000287. The number of nitrogens with one attached hydrogen (secondary N) is 2. The molecule has 1 saturated heterocycles. The van der Waals surface area contributed by atoms with Crippen molar-refractivity contribution >= 4 is 124 Å². The van der Waals surface area contributed by atoms with E-state index in [-0.39, 0.29) is 114 Å². The van der Waals surface area contributed by atoms with Crippen molar-refractivity contribution in [3.63, 3.8) is 0 Å². The third-order valence-corrected chi connectivity index (χ3v) is 2.83. The van der Waals surface area contributed by atoms with Crippen LogP contribution in [0.5, 0.6) is 0 Å². The Kier molecular flexibility index (Phi) is 25.5. The number of nitrogens with zero attached hydrogens (tertiary/aromatic N) is 2. The zero-order valence-corrected chi connectivity index (χ0v) is 14.1. The summed E-state index contributed by atoms with van der Waals surface area (Å²) in [5.41, 5.74) is 0. The van der Waals surface area contributed by atoms with Gasteiger partial charge in [-0.2, -0.15) is 0 Å². The number of aliphatic carboxylic acids is 4. The summed E-state index contributed by atoms with van der Waals surface area (Å²) in [6.07, 6.45) is 0. The van der Waals surface area contributed by atoms with E-state index >= 15 is 0 Å². The number of imide groups is 1. The van der Waals surface area contributed by atoms with E-state index < -0.39 is 56.1 Å². The van der Waals surface area contributed by atoms with Crippen LogP contribution in [0.4, 0.5) is 4.79 Å². The van der Waals surface area contributed by atoms with E-state index in [1.807, 2.05) is 5.32 Å². The number of carbonyl (C=O) groups is 6. The number of carboxylic acids is 4. The predicted molar refractivity (Wildman–Crippen MR) is 106 cm³/mol. The number of hydrogen-bond donors (Lipinski definition) is 6. The summed E-state index contributed by atoms with van der Waals surface area (Å²) in [6.45, 7) is -2.13. The van der Waals surface area contributed by atoms with Crippen LogP contribution < -0.4 is 10.6 Å². The van der Waals surface area contributed by atoms with Crippen LogP contribution in [0.2, 0.25) is 0 Å². The molecular weight excluding hydrogens is 441 g/mol. The second-order valence-electron chi connectivity index (χ2n) is 5.23. The molecule has 1 aliphatic rings. The second kappa shape index (κ2) is 20.6. The standard InChI is InChI=1S/C10H16N2O8.C3H4N2O2.3Na.3H/c13-7(14)3-11(4-8(15)16)1-2-12(5-9(17)18)6-10(19)20;6-2-1-4-3(7)5-2;;;;;;/h1-6H2,(H,13,14)(H,15,16)(H,17,18)(H,19,20);1H2,(H2,4,5,6,7);;;;;;.